The molecule has 0 bridgehead atoms. The Morgan fingerprint density at radius 3 is 2.88 bits per heavy atom. The molecule has 6 heteroatoms. The first-order chi connectivity index (χ1) is 12.0. The summed E-state index contributed by atoms with van der Waals surface area (Å²) >= 11 is 0. The van der Waals surface area contributed by atoms with Gasteiger partial charge in [0.25, 0.3) is 5.91 Å². The monoisotopic (exact) mass is 345 g/mol. The van der Waals surface area contributed by atoms with E-state index in [1.165, 1.54) is 0 Å². The first kappa shape index (κ1) is 17.7. The van der Waals surface area contributed by atoms with Gasteiger partial charge in [-0.3, -0.25) is 9.59 Å². The number of rotatable bonds is 4. The molecule has 0 saturated carbocycles. The fraction of sp³-hybridized carbons (Fsp3) is 0.579. The lowest BCUT2D eigenvalue weighted by molar-refractivity contribution is -0.140. The summed E-state index contributed by atoms with van der Waals surface area (Å²) in [5.74, 6) is 1.17. The van der Waals surface area contributed by atoms with Crippen molar-refractivity contribution in [3.63, 3.8) is 0 Å². The highest BCUT2D eigenvalue weighted by Gasteiger charge is 2.40. The Bertz CT molecular complexity index is 661. The summed E-state index contributed by atoms with van der Waals surface area (Å²) in [6, 6.07) is 5.88. The van der Waals surface area contributed by atoms with Crippen LogP contribution in [0, 0.1) is 12.8 Å². The molecule has 3 rings (SSSR count). The van der Waals surface area contributed by atoms with Crippen LogP contribution >= 0.6 is 0 Å². The van der Waals surface area contributed by atoms with E-state index in [0.29, 0.717) is 49.8 Å². The minimum absolute atomic E-state index is 0.0116. The summed E-state index contributed by atoms with van der Waals surface area (Å²) in [6.45, 7) is 4.42. The van der Waals surface area contributed by atoms with E-state index in [9.17, 15) is 9.59 Å². The van der Waals surface area contributed by atoms with Crippen molar-refractivity contribution in [3.8, 4) is 5.75 Å². The van der Waals surface area contributed by atoms with Gasteiger partial charge in [0.1, 0.15) is 5.75 Å². The average molecular weight is 345 g/mol. The van der Waals surface area contributed by atoms with Crippen molar-refractivity contribution in [1.29, 1.82) is 0 Å². The number of likely N-dealkylation sites (tertiary alicyclic amines) is 2. The van der Waals surface area contributed by atoms with Crippen LogP contribution in [0.3, 0.4) is 0 Å². The molecular formula is C19H27N3O3. The molecule has 2 fully saturated rings. The Morgan fingerprint density at radius 1 is 1.36 bits per heavy atom. The summed E-state index contributed by atoms with van der Waals surface area (Å²) < 4.78 is 5.39. The van der Waals surface area contributed by atoms with Gasteiger partial charge in [0, 0.05) is 38.6 Å². The molecular weight excluding hydrogens is 318 g/mol. The van der Waals surface area contributed by atoms with Crippen molar-refractivity contribution in [3.05, 3.63) is 29.3 Å². The molecule has 2 aliphatic heterocycles. The van der Waals surface area contributed by atoms with Gasteiger partial charge in [-0.1, -0.05) is 6.07 Å². The van der Waals surface area contributed by atoms with Crippen LogP contribution in [0.25, 0.3) is 0 Å². The number of fused-ring (bicyclic) bond motifs is 1. The highest BCUT2D eigenvalue weighted by atomic mass is 16.5. The van der Waals surface area contributed by atoms with Gasteiger partial charge in [-0.2, -0.15) is 0 Å². The lowest BCUT2D eigenvalue weighted by Crippen LogP contribution is -2.57. The van der Waals surface area contributed by atoms with Crippen molar-refractivity contribution in [1.82, 2.24) is 9.80 Å². The number of benzene rings is 1. The van der Waals surface area contributed by atoms with Crippen LogP contribution in [0.1, 0.15) is 35.2 Å². The smallest absolute Gasteiger partial charge is 0.257 e. The summed E-state index contributed by atoms with van der Waals surface area (Å²) in [5, 5.41) is 0. The highest BCUT2D eigenvalue weighted by molar-refractivity contribution is 5.97. The minimum atomic E-state index is 0.0116. The lowest BCUT2D eigenvalue weighted by atomic mass is 9.83. The van der Waals surface area contributed by atoms with Gasteiger partial charge in [-0.05, 0) is 43.4 Å². The maximum Gasteiger partial charge on any atom is 0.257 e. The van der Waals surface area contributed by atoms with Crippen LogP contribution in [0.4, 0.5) is 0 Å². The summed E-state index contributed by atoms with van der Waals surface area (Å²) in [7, 11) is 1.59. The molecule has 1 aromatic carbocycles. The topological polar surface area (TPSA) is 75.9 Å². The van der Waals surface area contributed by atoms with Crippen molar-refractivity contribution in [2.45, 2.75) is 32.2 Å². The van der Waals surface area contributed by atoms with E-state index in [0.717, 1.165) is 18.4 Å². The predicted octanol–water partition coefficient (Wildman–Crippen LogP) is 1.42. The maximum absolute atomic E-state index is 13.0. The molecule has 0 spiro atoms. The molecule has 0 aliphatic carbocycles. The normalized spacial score (nSPS) is 23.4. The number of nitrogens with two attached hydrogens (primary N) is 1. The van der Waals surface area contributed by atoms with Crippen LogP contribution in [0.15, 0.2) is 18.2 Å². The number of aryl methyl sites for hydroxylation is 1. The molecule has 2 N–H and O–H groups in total. The van der Waals surface area contributed by atoms with Crippen LogP contribution in [0.5, 0.6) is 5.75 Å². The standard InChI is InChI=1S/C19H27N3O3/c1-13-3-5-15(17(11-13)25-2)19(24)21-9-7-16-14(12-21)4-6-18(23)22(16)10-8-20/h3,5,11,14,16H,4,6-10,12,20H2,1-2H3/t14-,16+/m0/s1. The molecule has 1 aromatic rings. The number of nitrogens with zero attached hydrogens (tertiary/aromatic N) is 2. The van der Waals surface area contributed by atoms with E-state index in [1.54, 1.807) is 7.11 Å². The Kier molecular flexibility index (Phi) is 5.27. The number of hydrogen-bond acceptors (Lipinski definition) is 4. The fourth-order valence-electron chi connectivity index (χ4n) is 4.11. The quantitative estimate of drug-likeness (QED) is 0.895. The Labute approximate surface area is 148 Å². The van der Waals surface area contributed by atoms with E-state index < -0.39 is 0 Å². The third-order valence-electron chi connectivity index (χ3n) is 5.39. The number of amides is 2. The van der Waals surface area contributed by atoms with Gasteiger partial charge in [0.05, 0.1) is 12.7 Å². The molecule has 0 radical (unpaired) electrons. The van der Waals surface area contributed by atoms with E-state index in [4.69, 9.17) is 10.5 Å². The van der Waals surface area contributed by atoms with Crippen molar-refractivity contribution in [2.24, 2.45) is 11.7 Å². The molecule has 2 aliphatic rings. The molecule has 2 amide bonds. The second-order valence-corrected chi connectivity index (χ2v) is 6.99. The average Bonchev–Trinajstić information content (AvgIpc) is 2.63. The fourth-order valence-corrected chi connectivity index (χ4v) is 4.11. The van der Waals surface area contributed by atoms with E-state index in [-0.39, 0.29) is 17.9 Å². The van der Waals surface area contributed by atoms with E-state index >= 15 is 0 Å². The molecule has 25 heavy (non-hydrogen) atoms. The number of methoxy groups -OCH3 is 1. The van der Waals surface area contributed by atoms with E-state index in [1.807, 2.05) is 34.9 Å². The van der Waals surface area contributed by atoms with E-state index in [2.05, 4.69) is 0 Å². The van der Waals surface area contributed by atoms with Crippen molar-refractivity contribution < 1.29 is 14.3 Å². The summed E-state index contributed by atoms with van der Waals surface area (Å²) in [5.41, 5.74) is 7.34. The summed E-state index contributed by atoms with van der Waals surface area (Å²) in [4.78, 5) is 29.0. The zero-order valence-corrected chi connectivity index (χ0v) is 15.0. The molecule has 0 unspecified atom stereocenters. The number of piperidine rings is 2. The predicted molar refractivity (Wildman–Crippen MR) is 95.5 cm³/mol. The summed E-state index contributed by atoms with van der Waals surface area (Å²) in [6.07, 6.45) is 2.22. The lowest BCUT2D eigenvalue weighted by Gasteiger charge is -2.47. The number of ether oxygens (including phenoxy) is 1. The van der Waals surface area contributed by atoms with Crippen LogP contribution in [-0.2, 0) is 4.79 Å². The van der Waals surface area contributed by atoms with Gasteiger partial charge < -0.3 is 20.3 Å². The van der Waals surface area contributed by atoms with Crippen molar-refractivity contribution in [2.75, 3.05) is 33.3 Å². The second-order valence-electron chi connectivity index (χ2n) is 6.99. The molecule has 136 valence electrons. The zero-order valence-electron chi connectivity index (χ0n) is 15.0. The Balaban J connectivity index is 1.74. The third kappa shape index (κ3) is 3.49. The zero-order chi connectivity index (χ0) is 18.0. The molecule has 6 nitrogen and oxygen atoms in total. The molecule has 0 aromatic heterocycles. The van der Waals surface area contributed by atoms with Crippen LogP contribution in [0.2, 0.25) is 0 Å². The van der Waals surface area contributed by atoms with Gasteiger partial charge in [-0.15, -0.1) is 0 Å². The number of carbonyl (C=O) groups is 2. The molecule has 2 heterocycles. The largest absolute Gasteiger partial charge is 0.496 e. The SMILES string of the molecule is COc1cc(C)ccc1C(=O)N1CC[C@@H]2[C@@H](CCC(=O)N2CCN)C1. The third-order valence-corrected chi connectivity index (χ3v) is 5.39. The van der Waals surface area contributed by atoms with Gasteiger partial charge in [0.2, 0.25) is 5.91 Å². The maximum atomic E-state index is 13.0. The van der Waals surface area contributed by atoms with Gasteiger partial charge in [-0.25, -0.2) is 0 Å². The second kappa shape index (κ2) is 7.44. The number of carbonyl (C=O) groups excluding carboxylic acids is 2. The Morgan fingerprint density at radius 2 is 2.16 bits per heavy atom. The van der Waals surface area contributed by atoms with Crippen LogP contribution in [-0.4, -0.2) is 60.9 Å². The molecule has 2 atom stereocenters. The number of hydrogen-bond donors (Lipinski definition) is 1. The first-order valence-corrected chi connectivity index (χ1v) is 8.98. The minimum Gasteiger partial charge on any atom is -0.496 e. The first-order valence-electron chi connectivity index (χ1n) is 8.98. The highest BCUT2D eigenvalue weighted by Crippen LogP contribution is 2.32. The van der Waals surface area contributed by atoms with Crippen molar-refractivity contribution >= 4 is 11.8 Å². The van der Waals surface area contributed by atoms with Gasteiger partial charge in [0.15, 0.2) is 0 Å². The van der Waals surface area contributed by atoms with Gasteiger partial charge >= 0.3 is 0 Å². The Hall–Kier alpha value is -2.08. The molecule has 2 saturated heterocycles. The van der Waals surface area contributed by atoms with Crippen LogP contribution < -0.4 is 10.5 Å².